The molecule has 4 heteroatoms. The first-order chi connectivity index (χ1) is 35.7. The van der Waals surface area contributed by atoms with Crippen LogP contribution in [-0.4, -0.2) is 19.1 Å². The van der Waals surface area contributed by atoms with E-state index >= 15 is 0 Å². The zero-order valence-corrected chi connectivity index (χ0v) is 38.9. The van der Waals surface area contributed by atoms with Crippen LogP contribution < -0.4 is 0 Å². The zero-order valence-electron chi connectivity index (χ0n) is 38.9. The summed E-state index contributed by atoms with van der Waals surface area (Å²) in [6.45, 7) is 0. The van der Waals surface area contributed by atoms with Crippen molar-refractivity contribution in [3.63, 3.8) is 0 Å². The number of nitrogens with zero attached hydrogens (tertiary/aromatic N) is 4. The van der Waals surface area contributed by atoms with E-state index in [1.165, 1.54) is 92.0 Å². The lowest BCUT2D eigenvalue weighted by Gasteiger charge is -2.15. The number of hydrogen-bond acceptors (Lipinski definition) is 2. The minimum Gasteiger partial charge on any atom is -0.309 e. The van der Waals surface area contributed by atoms with Crippen LogP contribution in [0.4, 0.5) is 0 Å². The number of aromatic nitrogens is 4. The Morgan fingerprint density at radius 3 is 1.35 bits per heavy atom. The summed E-state index contributed by atoms with van der Waals surface area (Å²) >= 11 is 0. The third-order valence-electron chi connectivity index (χ3n) is 15.4. The number of para-hydroxylation sites is 3. The maximum atomic E-state index is 5.42. The number of rotatable bonds is 4. The van der Waals surface area contributed by atoms with E-state index in [1.807, 2.05) is 12.1 Å². The van der Waals surface area contributed by atoms with Crippen LogP contribution in [0.1, 0.15) is 0 Å². The lowest BCUT2D eigenvalue weighted by Crippen LogP contribution is -1.98. The van der Waals surface area contributed by atoms with Crippen LogP contribution in [0.2, 0.25) is 0 Å². The molecule has 0 aliphatic carbocycles. The molecule has 0 spiro atoms. The molecule has 3 aromatic heterocycles. The normalized spacial score (nSPS) is 12.2. The van der Waals surface area contributed by atoms with Crippen molar-refractivity contribution in [2.75, 3.05) is 0 Å². The molecule has 0 radical (unpaired) electrons. The summed E-state index contributed by atoms with van der Waals surface area (Å²) in [6.07, 6.45) is 0. The largest absolute Gasteiger partial charge is 0.309 e. The second-order valence-electron chi connectivity index (χ2n) is 19.3. The summed E-state index contributed by atoms with van der Waals surface area (Å²) in [4.78, 5) is 10.8. The van der Waals surface area contributed by atoms with E-state index < -0.39 is 0 Å². The molecule has 3 heterocycles. The highest BCUT2D eigenvalue weighted by Crippen LogP contribution is 2.43. The fourth-order valence-corrected chi connectivity index (χ4v) is 12.1. The van der Waals surface area contributed by atoms with Crippen molar-refractivity contribution in [2.24, 2.45) is 0 Å². The lowest BCUT2D eigenvalue weighted by atomic mass is 9.92. The Kier molecular flexibility index (Phi) is 8.14. The minimum absolute atomic E-state index is 0.861. The maximum Gasteiger partial charge on any atom is 0.0973 e. The first-order valence-electron chi connectivity index (χ1n) is 24.7. The molecule has 0 amide bonds. The van der Waals surface area contributed by atoms with Crippen molar-refractivity contribution >= 4 is 119 Å². The van der Waals surface area contributed by atoms with Gasteiger partial charge in [0.25, 0.3) is 0 Å². The summed E-state index contributed by atoms with van der Waals surface area (Å²) in [5.74, 6) is 0. The molecule has 72 heavy (non-hydrogen) atoms. The van der Waals surface area contributed by atoms with Gasteiger partial charge >= 0.3 is 0 Å². The second kappa shape index (κ2) is 14.9. The fourth-order valence-electron chi connectivity index (χ4n) is 12.1. The lowest BCUT2D eigenvalue weighted by molar-refractivity contribution is 1.17. The average molecular weight is 913 g/mol. The predicted molar refractivity (Wildman–Crippen MR) is 304 cm³/mol. The third kappa shape index (κ3) is 5.69. The maximum absolute atomic E-state index is 5.42. The molecule has 0 saturated carbocycles. The molecule has 332 valence electrons. The van der Waals surface area contributed by atoms with Crippen LogP contribution in [0.25, 0.3) is 153 Å². The van der Waals surface area contributed by atoms with Crippen molar-refractivity contribution in [1.82, 2.24) is 19.1 Å². The van der Waals surface area contributed by atoms with Gasteiger partial charge in [-0.3, -0.25) is 0 Å². The molecular formula is C68H40N4. The van der Waals surface area contributed by atoms with Crippen LogP contribution in [0.15, 0.2) is 243 Å². The Bertz CT molecular complexity index is 4960. The van der Waals surface area contributed by atoms with Gasteiger partial charge in [-0.25, -0.2) is 9.97 Å². The molecule has 4 nitrogen and oxygen atoms in total. The molecule has 0 bridgehead atoms. The second-order valence-corrected chi connectivity index (χ2v) is 19.3. The predicted octanol–water partition coefficient (Wildman–Crippen LogP) is 18.1. The van der Waals surface area contributed by atoms with Gasteiger partial charge in [0.15, 0.2) is 0 Å². The van der Waals surface area contributed by atoms with E-state index in [0.717, 1.165) is 61.2 Å². The van der Waals surface area contributed by atoms with E-state index in [9.17, 15) is 0 Å². The molecule has 0 unspecified atom stereocenters. The van der Waals surface area contributed by atoms with Crippen LogP contribution in [0.3, 0.4) is 0 Å². The van der Waals surface area contributed by atoms with Gasteiger partial charge in [0.05, 0.1) is 50.2 Å². The molecule has 0 aliphatic rings. The van der Waals surface area contributed by atoms with Gasteiger partial charge in [-0.2, -0.15) is 0 Å². The third-order valence-corrected chi connectivity index (χ3v) is 15.4. The average Bonchev–Trinajstić information content (AvgIpc) is 3.93. The molecule has 16 rings (SSSR count). The first kappa shape index (κ1) is 39.2. The molecule has 0 saturated heterocycles. The van der Waals surface area contributed by atoms with E-state index in [4.69, 9.17) is 9.97 Å². The molecule has 16 aromatic rings. The number of hydrogen-bond donors (Lipinski definition) is 0. The summed E-state index contributed by atoms with van der Waals surface area (Å²) < 4.78 is 4.93. The Balaban J connectivity index is 0.900. The van der Waals surface area contributed by atoms with Crippen molar-refractivity contribution in [2.45, 2.75) is 0 Å². The minimum atomic E-state index is 0.861. The van der Waals surface area contributed by atoms with Crippen LogP contribution in [0.5, 0.6) is 0 Å². The van der Waals surface area contributed by atoms with Gasteiger partial charge in [-0.15, -0.1) is 0 Å². The smallest absolute Gasteiger partial charge is 0.0973 e. The van der Waals surface area contributed by atoms with Crippen LogP contribution in [-0.2, 0) is 0 Å². The molecule has 0 aliphatic heterocycles. The monoisotopic (exact) mass is 912 g/mol. The quantitative estimate of drug-likeness (QED) is 0.165. The Labute approximate surface area is 412 Å². The molecule has 0 N–H and O–H groups in total. The molecular weight excluding hydrogens is 873 g/mol. The Morgan fingerprint density at radius 2 is 0.694 bits per heavy atom. The van der Waals surface area contributed by atoms with Gasteiger partial charge in [-0.05, 0) is 138 Å². The van der Waals surface area contributed by atoms with E-state index in [1.54, 1.807) is 0 Å². The zero-order chi connectivity index (χ0) is 47.0. The van der Waals surface area contributed by atoms with Gasteiger partial charge in [-0.1, -0.05) is 164 Å². The van der Waals surface area contributed by atoms with Gasteiger partial charge in [0.2, 0.25) is 0 Å². The van der Waals surface area contributed by atoms with Crippen molar-refractivity contribution in [1.29, 1.82) is 0 Å². The van der Waals surface area contributed by atoms with Crippen molar-refractivity contribution in [3.8, 4) is 33.9 Å². The highest BCUT2D eigenvalue weighted by molar-refractivity contribution is 6.26. The topological polar surface area (TPSA) is 35.6 Å². The van der Waals surface area contributed by atoms with E-state index in [2.05, 4.69) is 240 Å². The van der Waals surface area contributed by atoms with Gasteiger partial charge < -0.3 is 9.13 Å². The summed E-state index contributed by atoms with van der Waals surface area (Å²) in [5.41, 5.74) is 12.5. The molecule has 0 fully saturated rings. The van der Waals surface area contributed by atoms with E-state index in [-0.39, 0.29) is 0 Å². The fraction of sp³-hybridized carbons (Fsp3) is 0. The van der Waals surface area contributed by atoms with Crippen molar-refractivity contribution in [3.05, 3.63) is 243 Å². The van der Waals surface area contributed by atoms with E-state index in [0.29, 0.717) is 0 Å². The highest BCUT2D eigenvalue weighted by atomic mass is 15.0. The standard InChI is InChI=1S/C68H40N4/c1-3-16-43-38-65-57(35-41(43)14-1)55-23-9-12-26-63(55)71(65)48-30-33-64-59(40-48)58-36-42-15-2-4-17-44(42)39-66(58)72(64)62-27-13-18-45-34-46(28-31-49(45)62)67-68(70-61-25-11-10-24-60(61)69-67)47-29-32-54-52-21-6-5-19-50(52)51-20-7-8-22-53(51)56(54)37-47/h1-40H. The van der Waals surface area contributed by atoms with Crippen LogP contribution in [0, 0.1) is 0 Å². The SMILES string of the molecule is c1ccc2cc3c(cc2c1)c1ccccc1n3-c1ccc2c(c1)c1cc3ccccc3cc1n2-c1cccc2cc(-c3nc4ccccc4nc3-c3ccc4c5ccccc5c5ccccc5c4c3)ccc12. The van der Waals surface area contributed by atoms with Crippen molar-refractivity contribution < 1.29 is 0 Å². The van der Waals surface area contributed by atoms with Gasteiger partial charge in [0.1, 0.15) is 0 Å². The summed E-state index contributed by atoms with van der Waals surface area (Å²) in [6, 6.07) is 88.8. The molecule has 0 atom stereocenters. The Hall–Kier alpha value is -9.64. The first-order valence-corrected chi connectivity index (χ1v) is 24.7. The van der Waals surface area contributed by atoms with Gasteiger partial charge in [0, 0.05) is 43.7 Å². The van der Waals surface area contributed by atoms with Crippen LogP contribution >= 0.6 is 0 Å². The molecule has 13 aromatic carbocycles. The number of fused-ring (bicyclic) bond motifs is 16. The number of benzene rings is 13. The Morgan fingerprint density at radius 1 is 0.236 bits per heavy atom. The highest BCUT2D eigenvalue weighted by Gasteiger charge is 2.21. The summed E-state index contributed by atoms with van der Waals surface area (Å²) in [7, 11) is 0. The summed E-state index contributed by atoms with van der Waals surface area (Å²) in [5, 5.41) is 19.6.